The fourth-order valence-corrected chi connectivity index (χ4v) is 6.31. The highest BCUT2D eigenvalue weighted by molar-refractivity contribution is 7.98. The summed E-state index contributed by atoms with van der Waals surface area (Å²) in [5, 5.41) is 9.10. The van der Waals surface area contributed by atoms with Crippen LogP contribution in [-0.4, -0.2) is 49.9 Å². The van der Waals surface area contributed by atoms with Crippen molar-refractivity contribution in [3.63, 3.8) is 0 Å². The molecule has 0 atom stereocenters. The van der Waals surface area contributed by atoms with Gasteiger partial charge in [0.25, 0.3) is 5.91 Å². The predicted octanol–water partition coefficient (Wildman–Crippen LogP) is 3.22. The van der Waals surface area contributed by atoms with Crippen molar-refractivity contribution in [2.24, 2.45) is 0 Å². The topological polar surface area (TPSA) is 102 Å². The monoisotopic (exact) mass is 465 g/mol. The van der Waals surface area contributed by atoms with Gasteiger partial charge in [0.05, 0.1) is 11.5 Å². The van der Waals surface area contributed by atoms with Crippen molar-refractivity contribution in [1.82, 2.24) is 5.48 Å². The van der Waals surface area contributed by atoms with Gasteiger partial charge >= 0.3 is 0 Å². The van der Waals surface area contributed by atoms with E-state index in [9.17, 15) is 13.2 Å². The van der Waals surface area contributed by atoms with Crippen LogP contribution in [-0.2, 0) is 25.1 Å². The third kappa shape index (κ3) is 5.60. The van der Waals surface area contributed by atoms with Gasteiger partial charge in [-0.1, -0.05) is 30.3 Å². The predicted molar refractivity (Wildman–Crippen MR) is 119 cm³/mol. The summed E-state index contributed by atoms with van der Waals surface area (Å²) in [5.41, 5.74) is 2.81. The Bertz CT molecular complexity index is 942. The van der Waals surface area contributed by atoms with E-state index in [2.05, 4.69) is 12.1 Å². The number of rotatable bonds is 10. The van der Waals surface area contributed by atoms with Crippen molar-refractivity contribution in [1.29, 1.82) is 0 Å². The van der Waals surface area contributed by atoms with Crippen molar-refractivity contribution in [2.75, 3.05) is 25.6 Å². The maximum atomic E-state index is 13.2. The number of hydrogen-bond donors (Lipinski definition) is 2. The normalized spacial score (nSPS) is 15.9. The lowest BCUT2D eigenvalue weighted by molar-refractivity contribution is -0.134. The molecule has 3 rings (SSSR count). The van der Waals surface area contributed by atoms with E-state index in [0.29, 0.717) is 12.4 Å². The molecule has 1 amide bonds. The average molecular weight is 466 g/mol. The summed E-state index contributed by atoms with van der Waals surface area (Å²) in [6, 6.07) is 16.3. The number of thioether (sulfide) groups is 1. The molecule has 2 aromatic carbocycles. The highest BCUT2D eigenvalue weighted by Gasteiger charge is 2.52. The summed E-state index contributed by atoms with van der Waals surface area (Å²) in [6.45, 7) is 0.800. The van der Waals surface area contributed by atoms with E-state index in [1.165, 1.54) is 23.2 Å². The van der Waals surface area contributed by atoms with Crippen LogP contribution in [0, 0.1) is 0 Å². The van der Waals surface area contributed by atoms with Crippen LogP contribution in [0.1, 0.15) is 24.8 Å². The fraction of sp³-hybridized carbons (Fsp3) is 0.409. The van der Waals surface area contributed by atoms with Gasteiger partial charge in [-0.15, -0.1) is 0 Å². The van der Waals surface area contributed by atoms with Crippen molar-refractivity contribution in [3.05, 3.63) is 60.2 Å². The molecule has 1 aliphatic heterocycles. The van der Waals surface area contributed by atoms with E-state index in [-0.39, 0.29) is 31.0 Å². The van der Waals surface area contributed by atoms with Crippen LogP contribution in [0.25, 0.3) is 0 Å². The molecule has 1 heterocycles. The minimum atomic E-state index is -4.02. The van der Waals surface area contributed by atoms with Gasteiger partial charge in [0.2, 0.25) is 0 Å². The lowest BCUT2D eigenvalue weighted by Crippen LogP contribution is -2.54. The number of nitrogens with one attached hydrogen (secondary N) is 1. The maximum Gasteiger partial charge on any atom is 0.265 e. The number of ether oxygens (including phenoxy) is 2. The Kier molecular flexibility index (Phi) is 8.36. The van der Waals surface area contributed by atoms with Crippen LogP contribution < -0.4 is 10.2 Å². The lowest BCUT2D eigenvalue weighted by atomic mass is 9.98. The van der Waals surface area contributed by atoms with E-state index in [1.54, 1.807) is 12.1 Å². The van der Waals surface area contributed by atoms with Crippen molar-refractivity contribution >= 4 is 27.5 Å². The lowest BCUT2D eigenvalue weighted by Gasteiger charge is -2.34. The van der Waals surface area contributed by atoms with Crippen LogP contribution >= 0.6 is 11.8 Å². The zero-order valence-electron chi connectivity index (χ0n) is 17.2. The van der Waals surface area contributed by atoms with Crippen LogP contribution in [0.5, 0.6) is 5.75 Å². The largest absolute Gasteiger partial charge is 0.494 e. The molecule has 0 radical (unpaired) electrons. The maximum absolute atomic E-state index is 13.2. The molecule has 0 unspecified atom stereocenters. The van der Waals surface area contributed by atoms with Crippen LogP contribution in [0.2, 0.25) is 0 Å². The molecule has 0 saturated carbocycles. The van der Waals surface area contributed by atoms with Gasteiger partial charge in [-0.2, -0.15) is 11.8 Å². The Morgan fingerprint density at radius 2 is 1.77 bits per heavy atom. The summed E-state index contributed by atoms with van der Waals surface area (Å²) in [7, 11) is -4.02. The van der Waals surface area contributed by atoms with E-state index in [4.69, 9.17) is 14.7 Å². The number of hydroxylamine groups is 1. The van der Waals surface area contributed by atoms with E-state index in [1.807, 2.05) is 30.0 Å². The molecule has 2 aromatic rings. The first-order chi connectivity index (χ1) is 15.0. The zero-order valence-corrected chi connectivity index (χ0v) is 18.8. The molecule has 1 aliphatic rings. The molecule has 168 valence electrons. The molecule has 0 spiro atoms. The molecule has 1 saturated heterocycles. The smallest absolute Gasteiger partial charge is 0.265 e. The van der Waals surface area contributed by atoms with Crippen LogP contribution in [0.4, 0.5) is 0 Å². The molecular weight excluding hydrogens is 438 g/mol. The Hall–Kier alpha value is -2.07. The molecule has 31 heavy (non-hydrogen) atoms. The molecule has 2 N–H and O–H groups in total. The van der Waals surface area contributed by atoms with Crippen molar-refractivity contribution < 1.29 is 27.9 Å². The van der Waals surface area contributed by atoms with Crippen molar-refractivity contribution in [2.45, 2.75) is 34.7 Å². The first kappa shape index (κ1) is 23.6. The first-order valence-electron chi connectivity index (χ1n) is 10.1. The van der Waals surface area contributed by atoms with Gasteiger partial charge in [-0.25, -0.2) is 13.9 Å². The number of amides is 1. The summed E-state index contributed by atoms with van der Waals surface area (Å²) >= 11 is 1.84. The van der Waals surface area contributed by atoms with E-state index in [0.717, 1.165) is 17.9 Å². The second-order valence-corrected chi connectivity index (χ2v) is 10.6. The molecule has 7 nitrogen and oxygen atoms in total. The highest BCUT2D eigenvalue weighted by atomic mass is 32.2. The second-order valence-electron chi connectivity index (χ2n) is 7.26. The van der Waals surface area contributed by atoms with Crippen molar-refractivity contribution in [3.8, 4) is 5.75 Å². The molecule has 0 aromatic heterocycles. The highest BCUT2D eigenvalue weighted by Crippen LogP contribution is 2.35. The number of sulfone groups is 1. The van der Waals surface area contributed by atoms with Gasteiger partial charge in [0.15, 0.2) is 14.6 Å². The molecule has 0 bridgehead atoms. The quantitative estimate of drug-likeness (QED) is 0.316. The summed E-state index contributed by atoms with van der Waals surface area (Å²) in [5.74, 6) is 1.56. The Morgan fingerprint density at radius 1 is 1.10 bits per heavy atom. The van der Waals surface area contributed by atoms with Crippen LogP contribution in [0.15, 0.2) is 59.5 Å². The van der Waals surface area contributed by atoms with E-state index >= 15 is 0 Å². The first-order valence-corrected chi connectivity index (χ1v) is 12.7. The Labute approximate surface area is 187 Å². The molecule has 1 fully saturated rings. The van der Waals surface area contributed by atoms with Gasteiger partial charge in [0, 0.05) is 19.0 Å². The van der Waals surface area contributed by atoms with Gasteiger partial charge < -0.3 is 9.47 Å². The van der Waals surface area contributed by atoms with Gasteiger partial charge in [-0.3, -0.25) is 10.0 Å². The summed E-state index contributed by atoms with van der Waals surface area (Å²) < 4.78 is 35.6. The third-order valence-corrected chi connectivity index (χ3v) is 8.91. The number of benzene rings is 2. The molecule has 9 heteroatoms. The number of hydrogen-bond acceptors (Lipinski definition) is 7. The minimum Gasteiger partial charge on any atom is -0.494 e. The Balaban J connectivity index is 1.53. The average Bonchev–Trinajstić information content (AvgIpc) is 2.82. The van der Waals surface area contributed by atoms with Gasteiger partial charge in [0.1, 0.15) is 5.75 Å². The summed E-state index contributed by atoms with van der Waals surface area (Å²) in [6.07, 6.45) is 0.846. The molecular formula is C22H27NO6S2. The Morgan fingerprint density at radius 3 is 2.42 bits per heavy atom. The zero-order chi connectivity index (χ0) is 22.2. The fourth-order valence-electron chi connectivity index (χ4n) is 3.48. The molecule has 0 aliphatic carbocycles. The number of carbonyl (C=O) groups excluding carboxylic acids is 1. The number of carbonyl (C=O) groups is 1. The minimum absolute atomic E-state index is 0.0133. The van der Waals surface area contributed by atoms with E-state index < -0.39 is 20.5 Å². The summed E-state index contributed by atoms with van der Waals surface area (Å²) in [4.78, 5) is 12.3. The van der Waals surface area contributed by atoms with Gasteiger partial charge in [-0.05, 0) is 54.8 Å². The second kappa shape index (κ2) is 11.0. The SMILES string of the molecule is O=C(NO)C1(S(=O)(=O)c2ccc(OCCCSCc3ccccc3)cc2)CCOCC1. The standard InChI is InChI=1S/C22H27NO6S2/c24-21(23-25)22(11-14-28-15-12-22)31(26,27)20-9-7-19(8-10-20)29-13-4-16-30-17-18-5-2-1-3-6-18/h1-3,5-10,25H,4,11-17H2,(H,23,24). The van der Waals surface area contributed by atoms with Crippen LogP contribution in [0.3, 0.4) is 0 Å². The third-order valence-electron chi connectivity index (χ3n) is 5.28.